The van der Waals surface area contributed by atoms with Gasteiger partial charge in [-0.15, -0.1) is 0 Å². The van der Waals surface area contributed by atoms with E-state index in [1.807, 2.05) is 12.1 Å². The molecule has 0 aliphatic carbocycles. The Morgan fingerprint density at radius 2 is 1.86 bits per heavy atom. The van der Waals surface area contributed by atoms with Gasteiger partial charge < -0.3 is 4.90 Å². The van der Waals surface area contributed by atoms with Gasteiger partial charge in [-0.05, 0) is 37.7 Å². The van der Waals surface area contributed by atoms with Crippen molar-refractivity contribution >= 4 is 11.6 Å². The van der Waals surface area contributed by atoms with Crippen LogP contribution in [0.1, 0.15) is 25.3 Å². The van der Waals surface area contributed by atoms with Gasteiger partial charge in [0.25, 0.3) is 0 Å². The van der Waals surface area contributed by atoms with Crippen LogP contribution in [0.25, 0.3) is 0 Å². The van der Waals surface area contributed by atoms with E-state index < -0.39 is 0 Å². The molecule has 0 heterocycles. The topological polar surface area (TPSA) is 3.24 Å². The number of nitrogens with zero attached hydrogens (tertiary/aromatic N) is 1. The Labute approximate surface area is 91.7 Å². The molecule has 0 fully saturated rings. The SMILES string of the molecule is CCCCN(C)Cc1ccc(Cl)cc1. The summed E-state index contributed by atoms with van der Waals surface area (Å²) in [6.45, 7) is 4.40. The van der Waals surface area contributed by atoms with Crippen molar-refractivity contribution < 1.29 is 0 Å². The summed E-state index contributed by atoms with van der Waals surface area (Å²) in [6, 6.07) is 8.07. The second-order valence-electron chi connectivity index (χ2n) is 3.72. The van der Waals surface area contributed by atoms with Crippen LogP contribution >= 0.6 is 11.6 Å². The van der Waals surface area contributed by atoms with Crippen molar-refractivity contribution in [2.45, 2.75) is 26.3 Å². The lowest BCUT2D eigenvalue weighted by molar-refractivity contribution is 0.321. The minimum atomic E-state index is 0.810. The van der Waals surface area contributed by atoms with E-state index in [1.165, 1.54) is 24.9 Å². The van der Waals surface area contributed by atoms with Crippen molar-refractivity contribution in [2.24, 2.45) is 0 Å². The fourth-order valence-electron chi connectivity index (χ4n) is 1.41. The third kappa shape index (κ3) is 4.12. The first-order chi connectivity index (χ1) is 6.72. The van der Waals surface area contributed by atoms with Crippen molar-refractivity contribution in [3.8, 4) is 0 Å². The van der Waals surface area contributed by atoms with Crippen LogP contribution in [0.3, 0.4) is 0 Å². The summed E-state index contributed by atoms with van der Waals surface area (Å²) in [5, 5.41) is 0.810. The van der Waals surface area contributed by atoms with Crippen LogP contribution in [0.2, 0.25) is 5.02 Å². The third-order valence-corrected chi connectivity index (χ3v) is 2.51. The van der Waals surface area contributed by atoms with Gasteiger partial charge in [0, 0.05) is 11.6 Å². The van der Waals surface area contributed by atoms with Gasteiger partial charge in [0.2, 0.25) is 0 Å². The summed E-state index contributed by atoms with van der Waals surface area (Å²) in [5.41, 5.74) is 1.33. The van der Waals surface area contributed by atoms with Crippen LogP contribution in [0, 0.1) is 0 Å². The zero-order chi connectivity index (χ0) is 10.4. The van der Waals surface area contributed by atoms with E-state index in [0.29, 0.717) is 0 Å². The van der Waals surface area contributed by atoms with Gasteiger partial charge in [-0.2, -0.15) is 0 Å². The number of rotatable bonds is 5. The molecule has 0 aromatic heterocycles. The summed E-state index contributed by atoms with van der Waals surface area (Å²) in [7, 11) is 2.16. The van der Waals surface area contributed by atoms with Gasteiger partial charge >= 0.3 is 0 Å². The van der Waals surface area contributed by atoms with Crippen molar-refractivity contribution in [2.75, 3.05) is 13.6 Å². The highest BCUT2D eigenvalue weighted by atomic mass is 35.5. The molecule has 1 nitrogen and oxygen atoms in total. The largest absolute Gasteiger partial charge is 0.302 e. The molecule has 1 rings (SSSR count). The molecule has 0 aliphatic heterocycles. The smallest absolute Gasteiger partial charge is 0.0406 e. The Bertz CT molecular complexity index is 256. The highest BCUT2D eigenvalue weighted by Gasteiger charge is 1.99. The van der Waals surface area contributed by atoms with Crippen molar-refractivity contribution in [1.82, 2.24) is 4.90 Å². The second kappa shape index (κ2) is 6.05. The molecule has 0 saturated heterocycles. The normalized spacial score (nSPS) is 10.9. The Morgan fingerprint density at radius 1 is 1.21 bits per heavy atom. The summed E-state index contributed by atoms with van der Waals surface area (Å²) in [6.07, 6.45) is 2.52. The van der Waals surface area contributed by atoms with Gasteiger partial charge in [0.05, 0.1) is 0 Å². The van der Waals surface area contributed by atoms with E-state index in [2.05, 4.69) is 31.0 Å². The first kappa shape index (κ1) is 11.5. The molecule has 0 aliphatic rings. The van der Waals surface area contributed by atoms with Crippen molar-refractivity contribution in [1.29, 1.82) is 0 Å². The zero-order valence-corrected chi connectivity index (χ0v) is 9.72. The second-order valence-corrected chi connectivity index (χ2v) is 4.15. The van der Waals surface area contributed by atoms with E-state index in [0.717, 1.165) is 11.6 Å². The van der Waals surface area contributed by atoms with Crippen LogP contribution in [-0.4, -0.2) is 18.5 Å². The summed E-state index contributed by atoms with van der Waals surface area (Å²) < 4.78 is 0. The monoisotopic (exact) mass is 211 g/mol. The van der Waals surface area contributed by atoms with E-state index in [4.69, 9.17) is 11.6 Å². The number of halogens is 1. The van der Waals surface area contributed by atoms with Crippen LogP contribution in [0.5, 0.6) is 0 Å². The highest BCUT2D eigenvalue weighted by Crippen LogP contribution is 2.11. The average molecular weight is 212 g/mol. The molecule has 14 heavy (non-hydrogen) atoms. The Morgan fingerprint density at radius 3 is 2.43 bits per heavy atom. The molecule has 0 spiro atoms. The maximum absolute atomic E-state index is 5.82. The standard InChI is InChI=1S/C12H18ClN/c1-3-4-9-14(2)10-11-5-7-12(13)8-6-11/h5-8H,3-4,9-10H2,1-2H3. The first-order valence-corrected chi connectivity index (χ1v) is 5.53. The maximum atomic E-state index is 5.82. The van der Waals surface area contributed by atoms with E-state index >= 15 is 0 Å². The van der Waals surface area contributed by atoms with E-state index in [-0.39, 0.29) is 0 Å². The van der Waals surface area contributed by atoms with Crippen LogP contribution < -0.4 is 0 Å². The lowest BCUT2D eigenvalue weighted by Gasteiger charge is -2.15. The molecule has 0 atom stereocenters. The van der Waals surface area contributed by atoms with Gasteiger partial charge in [-0.25, -0.2) is 0 Å². The average Bonchev–Trinajstić information content (AvgIpc) is 2.18. The summed E-state index contributed by atoms with van der Waals surface area (Å²) >= 11 is 5.82. The minimum Gasteiger partial charge on any atom is -0.302 e. The maximum Gasteiger partial charge on any atom is 0.0406 e. The zero-order valence-electron chi connectivity index (χ0n) is 8.96. The fraction of sp³-hybridized carbons (Fsp3) is 0.500. The van der Waals surface area contributed by atoms with Gasteiger partial charge in [-0.1, -0.05) is 37.1 Å². The Hall–Kier alpha value is -0.530. The molecule has 1 aromatic carbocycles. The molecule has 78 valence electrons. The number of unbranched alkanes of at least 4 members (excludes halogenated alkanes) is 1. The predicted octanol–water partition coefficient (Wildman–Crippen LogP) is 3.57. The molecule has 0 radical (unpaired) electrons. The van der Waals surface area contributed by atoms with Crippen molar-refractivity contribution in [3.05, 3.63) is 34.9 Å². The lowest BCUT2D eigenvalue weighted by Crippen LogP contribution is -2.18. The molecular weight excluding hydrogens is 194 g/mol. The summed E-state index contributed by atoms with van der Waals surface area (Å²) in [4.78, 5) is 2.34. The Balaban J connectivity index is 2.39. The molecular formula is C12H18ClN. The number of benzene rings is 1. The molecule has 2 heteroatoms. The fourth-order valence-corrected chi connectivity index (χ4v) is 1.53. The molecule has 1 aromatic rings. The number of hydrogen-bond donors (Lipinski definition) is 0. The summed E-state index contributed by atoms with van der Waals surface area (Å²) in [5.74, 6) is 0. The lowest BCUT2D eigenvalue weighted by atomic mass is 10.2. The molecule has 0 N–H and O–H groups in total. The van der Waals surface area contributed by atoms with Gasteiger partial charge in [0.1, 0.15) is 0 Å². The van der Waals surface area contributed by atoms with Gasteiger partial charge in [-0.3, -0.25) is 0 Å². The third-order valence-electron chi connectivity index (χ3n) is 2.26. The van der Waals surface area contributed by atoms with E-state index in [9.17, 15) is 0 Å². The quantitative estimate of drug-likeness (QED) is 0.720. The van der Waals surface area contributed by atoms with Crippen molar-refractivity contribution in [3.63, 3.8) is 0 Å². The Kier molecular flexibility index (Phi) is 4.99. The molecule has 0 bridgehead atoms. The molecule has 0 amide bonds. The molecule has 0 saturated carbocycles. The first-order valence-electron chi connectivity index (χ1n) is 5.15. The molecule has 0 unspecified atom stereocenters. The van der Waals surface area contributed by atoms with E-state index in [1.54, 1.807) is 0 Å². The predicted molar refractivity (Wildman–Crippen MR) is 62.7 cm³/mol. The highest BCUT2D eigenvalue weighted by molar-refractivity contribution is 6.30. The van der Waals surface area contributed by atoms with Crippen LogP contribution in [0.4, 0.5) is 0 Å². The van der Waals surface area contributed by atoms with Crippen LogP contribution in [0.15, 0.2) is 24.3 Å². The van der Waals surface area contributed by atoms with Crippen LogP contribution in [-0.2, 0) is 6.54 Å². The minimum absolute atomic E-state index is 0.810. The number of hydrogen-bond acceptors (Lipinski definition) is 1. The van der Waals surface area contributed by atoms with Gasteiger partial charge in [0.15, 0.2) is 0 Å².